The van der Waals surface area contributed by atoms with Crippen molar-refractivity contribution in [3.8, 4) is 22.9 Å². The van der Waals surface area contributed by atoms with Gasteiger partial charge in [0, 0.05) is 36.5 Å². The predicted molar refractivity (Wildman–Crippen MR) is 155 cm³/mol. The molecule has 8 nitrogen and oxygen atoms in total. The minimum Gasteiger partial charge on any atom is -0.494 e. The lowest BCUT2D eigenvalue weighted by atomic mass is 10.2. The maximum Gasteiger partial charge on any atom is 0.284 e. The Balaban J connectivity index is 1.18. The summed E-state index contributed by atoms with van der Waals surface area (Å²) in [4.78, 5) is 30.7. The van der Waals surface area contributed by atoms with Gasteiger partial charge in [0.25, 0.3) is 11.5 Å². The average molecular weight is 553 g/mol. The third kappa shape index (κ3) is 5.43. The molecule has 2 heterocycles. The number of hydrogen-bond donors (Lipinski definition) is 1. The monoisotopic (exact) mass is 552 g/mol. The van der Waals surface area contributed by atoms with E-state index in [0.29, 0.717) is 34.6 Å². The van der Waals surface area contributed by atoms with Crippen LogP contribution in [0.5, 0.6) is 17.2 Å². The smallest absolute Gasteiger partial charge is 0.284 e. The largest absolute Gasteiger partial charge is 0.494 e. The Labute approximate surface area is 236 Å². The van der Waals surface area contributed by atoms with Crippen LogP contribution in [0.4, 0.5) is 10.1 Å². The van der Waals surface area contributed by atoms with Gasteiger partial charge in [-0.25, -0.2) is 9.07 Å². The molecule has 0 saturated heterocycles. The number of anilines is 1. The molecule has 1 aliphatic rings. The van der Waals surface area contributed by atoms with E-state index < -0.39 is 17.3 Å². The standard InChI is InChI=1S/C32H29FN4O4/c1-20-30(32(39)37(36(20)2)23-6-4-3-5-7-23)31(38)35-22-10-13-29(26(33)18-22)41-28-14-16-34-27-19-24(11-12-25(27)28)40-17-15-21-8-9-21/h3-7,10-14,16,18-19,21H,8-9,15,17H2,1-2H3,(H,35,38). The second kappa shape index (κ2) is 10.9. The SMILES string of the molecule is Cc1c(C(=O)Nc2ccc(Oc3ccnc4cc(OCCC5CC5)ccc34)c(F)c2)c(=O)n(-c2ccccc2)n1C. The fourth-order valence-corrected chi connectivity index (χ4v) is 4.83. The summed E-state index contributed by atoms with van der Waals surface area (Å²) in [5.41, 5.74) is 1.51. The van der Waals surface area contributed by atoms with Gasteiger partial charge < -0.3 is 14.8 Å². The fourth-order valence-electron chi connectivity index (χ4n) is 4.83. The number of rotatable bonds is 9. The molecular weight excluding hydrogens is 523 g/mol. The Morgan fingerprint density at radius 3 is 2.61 bits per heavy atom. The highest BCUT2D eigenvalue weighted by atomic mass is 19.1. The van der Waals surface area contributed by atoms with E-state index in [4.69, 9.17) is 9.47 Å². The summed E-state index contributed by atoms with van der Waals surface area (Å²) in [5.74, 6) is 0.666. The molecule has 41 heavy (non-hydrogen) atoms. The lowest BCUT2D eigenvalue weighted by molar-refractivity contribution is 0.102. The highest BCUT2D eigenvalue weighted by Gasteiger charge is 2.23. The van der Waals surface area contributed by atoms with Crippen LogP contribution in [0, 0.1) is 18.7 Å². The Morgan fingerprint density at radius 2 is 1.85 bits per heavy atom. The van der Waals surface area contributed by atoms with Gasteiger partial charge in [0.1, 0.15) is 17.1 Å². The number of nitrogens with zero attached hydrogens (tertiary/aromatic N) is 3. The van der Waals surface area contributed by atoms with Crippen LogP contribution in [0.25, 0.3) is 16.6 Å². The number of para-hydroxylation sites is 1. The number of hydrogen-bond acceptors (Lipinski definition) is 5. The molecule has 0 radical (unpaired) electrons. The molecule has 1 N–H and O–H groups in total. The second-order valence-corrected chi connectivity index (χ2v) is 10.2. The van der Waals surface area contributed by atoms with Crippen molar-refractivity contribution in [1.29, 1.82) is 0 Å². The molecule has 5 aromatic rings. The van der Waals surface area contributed by atoms with Crippen LogP contribution in [-0.2, 0) is 7.05 Å². The predicted octanol–water partition coefficient (Wildman–Crippen LogP) is 6.40. The van der Waals surface area contributed by atoms with Crippen LogP contribution >= 0.6 is 0 Å². The average Bonchev–Trinajstić information content (AvgIpc) is 3.76. The molecule has 0 atom stereocenters. The molecule has 0 bridgehead atoms. The fraction of sp³-hybridized carbons (Fsp3) is 0.219. The zero-order valence-corrected chi connectivity index (χ0v) is 22.8. The first-order valence-electron chi connectivity index (χ1n) is 13.5. The van der Waals surface area contributed by atoms with Gasteiger partial charge >= 0.3 is 0 Å². The van der Waals surface area contributed by atoms with E-state index in [2.05, 4.69) is 10.3 Å². The lowest BCUT2D eigenvalue weighted by Gasteiger charge is -2.12. The number of benzene rings is 3. The molecule has 9 heteroatoms. The molecule has 1 fully saturated rings. The van der Waals surface area contributed by atoms with E-state index in [1.807, 2.05) is 36.4 Å². The van der Waals surface area contributed by atoms with Crippen molar-refractivity contribution in [3.05, 3.63) is 106 Å². The maximum absolute atomic E-state index is 15.1. The highest BCUT2D eigenvalue weighted by Crippen LogP contribution is 2.34. The zero-order chi connectivity index (χ0) is 28.5. The summed E-state index contributed by atoms with van der Waals surface area (Å²) in [7, 11) is 1.71. The first-order chi connectivity index (χ1) is 19.9. The molecule has 0 aliphatic heterocycles. The Hall–Kier alpha value is -4.92. The Kier molecular flexibility index (Phi) is 7.01. The van der Waals surface area contributed by atoms with Crippen LogP contribution in [0.2, 0.25) is 0 Å². The van der Waals surface area contributed by atoms with Crippen molar-refractivity contribution < 1.29 is 18.7 Å². The highest BCUT2D eigenvalue weighted by molar-refractivity contribution is 6.05. The Bertz CT molecular complexity index is 1810. The number of carbonyl (C=O) groups excluding carboxylic acids is 1. The van der Waals surface area contributed by atoms with Crippen molar-refractivity contribution in [2.45, 2.75) is 26.2 Å². The van der Waals surface area contributed by atoms with Gasteiger partial charge in [-0.15, -0.1) is 0 Å². The number of aromatic nitrogens is 3. The first-order valence-corrected chi connectivity index (χ1v) is 13.5. The summed E-state index contributed by atoms with van der Waals surface area (Å²) in [6.45, 7) is 2.36. The number of fused-ring (bicyclic) bond motifs is 1. The molecular formula is C32H29FN4O4. The van der Waals surface area contributed by atoms with E-state index in [1.54, 1.807) is 43.0 Å². The first kappa shape index (κ1) is 26.3. The van der Waals surface area contributed by atoms with E-state index in [-0.39, 0.29) is 17.0 Å². The van der Waals surface area contributed by atoms with E-state index in [0.717, 1.165) is 24.2 Å². The van der Waals surface area contributed by atoms with Crippen LogP contribution in [0.3, 0.4) is 0 Å². The quantitative estimate of drug-likeness (QED) is 0.229. The number of carbonyl (C=O) groups is 1. The Morgan fingerprint density at radius 1 is 1.05 bits per heavy atom. The number of nitrogens with one attached hydrogen (secondary N) is 1. The van der Waals surface area contributed by atoms with Crippen LogP contribution < -0.4 is 20.3 Å². The molecule has 1 saturated carbocycles. The van der Waals surface area contributed by atoms with Gasteiger partial charge in [-0.2, -0.15) is 0 Å². The molecule has 0 unspecified atom stereocenters. The minimum absolute atomic E-state index is 0.0115. The van der Waals surface area contributed by atoms with Gasteiger partial charge in [0.2, 0.25) is 0 Å². The molecule has 3 aromatic carbocycles. The third-order valence-corrected chi connectivity index (χ3v) is 7.36. The van der Waals surface area contributed by atoms with E-state index >= 15 is 4.39 Å². The summed E-state index contributed by atoms with van der Waals surface area (Å²) in [5, 5.41) is 3.36. The number of halogens is 1. The summed E-state index contributed by atoms with van der Waals surface area (Å²) < 4.78 is 29.9. The van der Waals surface area contributed by atoms with Crippen LogP contribution in [0.15, 0.2) is 83.8 Å². The number of ether oxygens (including phenoxy) is 2. The number of amides is 1. The van der Waals surface area contributed by atoms with E-state index in [1.165, 1.54) is 29.7 Å². The normalized spacial score (nSPS) is 12.9. The maximum atomic E-state index is 15.1. The summed E-state index contributed by atoms with van der Waals surface area (Å²) in [6.07, 6.45) is 5.23. The van der Waals surface area contributed by atoms with Crippen molar-refractivity contribution in [2.24, 2.45) is 13.0 Å². The van der Waals surface area contributed by atoms with Crippen molar-refractivity contribution in [1.82, 2.24) is 14.3 Å². The van der Waals surface area contributed by atoms with Gasteiger partial charge in [0.05, 0.1) is 23.5 Å². The minimum atomic E-state index is -0.667. The molecule has 208 valence electrons. The van der Waals surface area contributed by atoms with Gasteiger partial charge in [0.15, 0.2) is 11.6 Å². The molecule has 0 spiro atoms. The molecule has 2 aromatic heterocycles. The third-order valence-electron chi connectivity index (χ3n) is 7.36. The van der Waals surface area contributed by atoms with Crippen molar-refractivity contribution in [2.75, 3.05) is 11.9 Å². The van der Waals surface area contributed by atoms with Crippen molar-refractivity contribution in [3.63, 3.8) is 0 Å². The lowest BCUT2D eigenvalue weighted by Crippen LogP contribution is -2.25. The molecule has 1 aliphatic carbocycles. The summed E-state index contributed by atoms with van der Waals surface area (Å²) >= 11 is 0. The second-order valence-electron chi connectivity index (χ2n) is 10.2. The molecule has 1 amide bonds. The van der Waals surface area contributed by atoms with E-state index in [9.17, 15) is 9.59 Å². The van der Waals surface area contributed by atoms with Crippen LogP contribution in [0.1, 0.15) is 35.3 Å². The topological polar surface area (TPSA) is 87.4 Å². The van der Waals surface area contributed by atoms with Gasteiger partial charge in [-0.1, -0.05) is 31.0 Å². The number of pyridine rings is 1. The van der Waals surface area contributed by atoms with Gasteiger partial charge in [-0.05, 0) is 61.7 Å². The van der Waals surface area contributed by atoms with Gasteiger partial charge in [-0.3, -0.25) is 19.3 Å². The van der Waals surface area contributed by atoms with Crippen molar-refractivity contribution >= 4 is 22.5 Å². The summed E-state index contributed by atoms with van der Waals surface area (Å²) in [6, 6.07) is 20.4. The zero-order valence-electron chi connectivity index (χ0n) is 22.8. The molecule has 6 rings (SSSR count). The van der Waals surface area contributed by atoms with Crippen LogP contribution in [-0.4, -0.2) is 26.9 Å².